The van der Waals surface area contributed by atoms with E-state index < -0.39 is 5.41 Å². The number of Topliss-reactive ketones (excluding diaryl/α,β-unsaturated/α-hetero) is 2. The van der Waals surface area contributed by atoms with Gasteiger partial charge in [0.1, 0.15) is 5.78 Å². The van der Waals surface area contributed by atoms with Crippen LogP contribution in [0.25, 0.3) is 0 Å². The van der Waals surface area contributed by atoms with E-state index in [-0.39, 0.29) is 21.8 Å². The third-order valence-corrected chi connectivity index (χ3v) is 4.50. The Bertz CT molecular complexity index is 266. The Morgan fingerprint density at radius 2 is 1.69 bits per heavy atom. The number of hydrogen-bond acceptors (Lipinski definition) is 2. The molecule has 0 aliphatic heterocycles. The summed E-state index contributed by atoms with van der Waals surface area (Å²) >= 11 is 3.38. The zero-order valence-electron chi connectivity index (χ0n) is 8.48. The molecule has 1 aliphatic carbocycles. The number of rotatable bonds is 0. The highest BCUT2D eigenvalue weighted by Gasteiger charge is 2.50. The van der Waals surface area contributed by atoms with Crippen LogP contribution in [0.4, 0.5) is 0 Å². The van der Waals surface area contributed by atoms with Crippen LogP contribution in [0.1, 0.15) is 34.1 Å². The summed E-state index contributed by atoms with van der Waals surface area (Å²) in [6.45, 7) is 7.30. The maximum absolute atomic E-state index is 11.8. The largest absolute Gasteiger partial charge is 0.299 e. The van der Waals surface area contributed by atoms with Crippen LogP contribution in [-0.4, -0.2) is 16.4 Å². The standard InChI is InChI=1S/C10H15BrO2/c1-9(2)5-6(12)10(3,4)8(13)7(9)11/h7H,5H2,1-4H3. The molecule has 0 bridgehead atoms. The Balaban J connectivity index is 3.07. The van der Waals surface area contributed by atoms with Crippen molar-refractivity contribution in [1.82, 2.24) is 0 Å². The van der Waals surface area contributed by atoms with Crippen molar-refractivity contribution in [3.8, 4) is 0 Å². The summed E-state index contributed by atoms with van der Waals surface area (Å²) in [4.78, 5) is 23.2. The molecule has 74 valence electrons. The first-order chi connectivity index (χ1) is 5.69. The molecule has 0 aromatic rings. The second-order valence-electron chi connectivity index (χ2n) is 4.94. The van der Waals surface area contributed by atoms with Gasteiger partial charge in [0, 0.05) is 6.42 Å². The fourth-order valence-electron chi connectivity index (χ4n) is 1.53. The van der Waals surface area contributed by atoms with E-state index in [1.54, 1.807) is 13.8 Å². The van der Waals surface area contributed by atoms with Crippen molar-refractivity contribution in [3.05, 3.63) is 0 Å². The van der Waals surface area contributed by atoms with Gasteiger partial charge >= 0.3 is 0 Å². The van der Waals surface area contributed by atoms with Gasteiger partial charge in [0.05, 0.1) is 10.2 Å². The first kappa shape index (κ1) is 10.9. The van der Waals surface area contributed by atoms with Crippen molar-refractivity contribution in [2.75, 3.05) is 0 Å². The van der Waals surface area contributed by atoms with Crippen LogP contribution in [-0.2, 0) is 9.59 Å². The Morgan fingerprint density at radius 1 is 1.23 bits per heavy atom. The van der Waals surface area contributed by atoms with E-state index in [1.807, 2.05) is 13.8 Å². The maximum Gasteiger partial charge on any atom is 0.159 e. The summed E-state index contributed by atoms with van der Waals surface area (Å²) < 4.78 is 0. The van der Waals surface area contributed by atoms with Crippen molar-refractivity contribution >= 4 is 27.5 Å². The minimum Gasteiger partial charge on any atom is -0.299 e. The lowest BCUT2D eigenvalue weighted by atomic mass is 9.65. The molecule has 0 aromatic carbocycles. The van der Waals surface area contributed by atoms with Crippen LogP contribution in [0.2, 0.25) is 0 Å². The van der Waals surface area contributed by atoms with E-state index in [0.29, 0.717) is 6.42 Å². The average molecular weight is 247 g/mol. The van der Waals surface area contributed by atoms with Crippen LogP contribution in [0.3, 0.4) is 0 Å². The fraction of sp³-hybridized carbons (Fsp3) is 0.800. The van der Waals surface area contributed by atoms with Crippen LogP contribution in [0.15, 0.2) is 0 Å². The number of hydrogen-bond donors (Lipinski definition) is 0. The van der Waals surface area contributed by atoms with Crippen molar-refractivity contribution in [3.63, 3.8) is 0 Å². The molecule has 0 radical (unpaired) electrons. The van der Waals surface area contributed by atoms with Crippen molar-refractivity contribution < 1.29 is 9.59 Å². The minimum atomic E-state index is -0.802. The zero-order valence-corrected chi connectivity index (χ0v) is 10.1. The molecule has 0 N–H and O–H groups in total. The maximum atomic E-state index is 11.8. The van der Waals surface area contributed by atoms with Gasteiger partial charge in [-0.25, -0.2) is 0 Å². The molecule has 1 rings (SSSR count). The first-order valence-electron chi connectivity index (χ1n) is 4.41. The Kier molecular flexibility index (Phi) is 2.44. The second-order valence-corrected chi connectivity index (χ2v) is 5.86. The number of halogens is 1. The number of alkyl halides is 1. The van der Waals surface area contributed by atoms with Gasteiger partial charge in [0.15, 0.2) is 5.78 Å². The number of carbonyl (C=O) groups is 2. The van der Waals surface area contributed by atoms with Gasteiger partial charge in [-0.3, -0.25) is 9.59 Å². The van der Waals surface area contributed by atoms with Crippen LogP contribution in [0.5, 0.6) is 0 Å². The molecule has 1 fully saturated rings. The van der Waals surface area contributed by atoms with Crippen molar-refractivity contribution in [1.29, 1.82) is 0 Å². The van der Waals surface area contributed by atoms with E-state index in [9.17, 15) is 9.59 Å². The monoisotopic (exact) mass is 246 g/mol. The topological polar surface area (TPSA) is 34.1 Å². The summed E-state index contributed by atoms with van der Waals surface area (Å²) in [7, 11) is 0. The van der Waals surface area contributed by atoms with E-state index in [0.717, 1.165) is 0 Å². The van der Waals surface area contributed by atoms with Crippen molar-refractivity contribution in [2.45, 2.75) is 38.9 Å². The highest BCUT2D eigenvalue weighted by molar-refractivity contribution is 9.10. The molecule has 0 saturated heterocycles. The zero-order chi connectivity index (χ0) is 10.4. The molecular weight excluding hydrogens is 232 g/mol. The van der Waals surface area contributed by atoms with E-state index in [1.165, 1.54) is 0 Å². The van der Waals surface area contributed by atoms with Crippen LogP contribution in [0, 0.1) is 10.8 Å². The van der Waals surface area contributed by atoms with Crippen LogP contribution < -0.4 is 0 Å². The molecule has 1 saturated carbocycles. The summed E-state index contributed by atoms with van der Waals surface area (Å²) in [6, 6.07) is 0. The highest BCUT2D eigenvalue weighted by Crippen LogP contribution is 2.43. The molecule has 3 heteroatoms. The lowest BCUT2D eigenvalue weighted by Gasteiger charge is -2.40. The molecule has 2 nitrogen and oxygen atoms in total. The lowest BCUT2D eigenvalue weighted by molar-refractivity contribution is -0.144. The van der Waals surface area contributed by atoms with Gasteiger partial charge in [-0.2, -0.15) is 0 Å². The molecule has 0 spiro atoms. The molecule has 0 aromatic heterocycles. The molecular formula is C10H15BrO2. The highest BCUT2D eigenvalue weighted by atomic mass is 79.9. The van der Waals surface area contributed by atoms with Gasteiger partial charge < -0.3 is 0 Å². The SMILES string of the molecule is CC1(C)C(=O)CC(C)(C)C(Br)C1=O. The average Bonchev–Trinajstić information content (AvgIpc) is 1.98. The Hall–Kier alpha value is -0.180. The first-order valence-corrected chi connectivity index (χ1v) is 5.33. The lowest BCUT2D eigenvalue weighted by Crippen LogP contribution is -2.51. The van der Waals surface area contributed by atoms with Crippen LogP contribution >= 0.6 is 15.9 Å². The van der Waals surface area contributed by atoms with Gasteiger partial charge in [0.2, 0.25) is 0 Å². The van der Waals surface area contributed by atoms with Gasteiger partial charge in [0.25, 0.3) is 0 Å². The third kappa shape index (κ3) is 1.58. The van der Waals surface area contributed by atoms with Gasteiger partial charge in [-0.15, -0.1) is 0 Å². The van der Waals surface area contributed by atoms with Gasteiger partial charge in [-0.1, -0.05) is 29.8 Å². The van der Waals surface area contributed by atoms with E-state index >= 15 is 0 Å². The quantitative estimate of drug-likeness (QED) is 0.486. The Labute approximate surface area is 87.2 Å². The second kappa shape index (κ2) is 2.91. The minimum absolute atomic E-state index is 0.00810. The molecule has 0 amide bonds. The predicted octanol–water partition coefficient (Wildman–Crippen LogP) is 2.34. The number of ketones is 2. The molecule has 1 atom stereocenters. The summed E-state index contributed by atoms with van der Waals surface area (Å²) in [5, 5.41) is 0. The smallest absolute Gasteiger partial charge is 0.159 e. The van der Waals surface area contributed by atoms with E-state index in [4.69, 9.17) is 0 Å². The molecule has 0 heterocycles. The van der Waals surface area contributed by atoms with Gasteiger partial charge in [-0.05, 0) is 19.3 Å². The number of carbonyl (C=O) groups excluding carboxylic acids is 2. The summed E-state index contributed by atoms with van der Waals surface area (Å²) in [5.74, 6) is 0.0620. The molecule has 13 heavy (non-hydrogen) atoms. The summed E-state index contributed by atoms with van der Waals surface area (Å²) in [6.07, 6.45) is 0.474. The normalized spacial score (nSPS) is 31.9. The third-order valence-electron chi connectivity index (χ3n) is 2.85. The van der Waals surface area contributed by atoms with Crippen molar-refractivity contribution in [2.24, 2.45) is 10.8 Å². The molecule has 1 aliphatic rings. The fourth-order valence-corrected chi connectivity index (χ4v) is 2.27. The van der Waals surface area contributed by atoms with E-state index in [2.05, 4.69) is 15.9 Å². The molecule has 1 unspecified atom stereocenters. The Morgan fingerprint density at radius 3 is 2.15 bits per heavy atom. The summed E-state index contributed by atoms with van der Waals surface area (Å²) in [5.41, 5.74) is -1.05. The predicted molar refractivity (Wildman–Crippen MR) is 54.9 cm³/mol.